The van der Waals surface area contributed by atoms with Crippen LogP contribution in [0.5, 0.6) is 0 Å². The third kappa shape index (κ3) is 2.09. The number of rotatable bonds is 3. The fraction of sp³-hybridized carbons (Fsp3) is 1.00. The highest BCUT2D eigenvalue weighted by Crippen LogP contribution is 2.20. The van der Waals surface area contributed by atoms with Crippen LogP contribution in [0.3, 0.4) is 0 Å². The summed E-state index contributed by atoms with van der Waals surface area (Å²) in [6, 6.07) is 0. The first kappa shape index (κ1) is 9.28. The fourth-order valence-electron chi connectivity index (χ4n) is 1.12. The lowest BCUT2D eigenvalue weighted by atomic mass is 10.2. The van der Waals surface area contributed by atoms with Crippen LogP contribution in [0.1, 0.15) is 6.42 Å². The quantitative estimate of drug-likeness (QED) is 0.381. The molecule has 0 spiro atoms. The maximum atomic E-state index is 9.33. The Morgan fingerprint density at radius 1 is 1.83 bits per heavy atom. The SMILES string of the molecule is COC1CC(O)C(CN=[N+]=[N-])O1. The predicted octanol–water partition coefficient (Wildman–Crippen LogP) is 0.419. The number of azide groups is 1. The number of nitrogens with zero attached hydrogens (tertiary/aromatic N) is 3. The van der Waals surface area contributed by atoms with Gasteiger partial charge in [-0.1, -0.05) is 5.11 Å². The van der Waals surface area contributed by atoms with Gasteiger partial charge in [-0.25, -0.2) is 0 Å². The Bertz CT molecular complexity index is 192. The van der Waals surface area contributed by atoms with Crippen molar-refractivity contribution in [3.05, 3.63) is 10.4 Å². The van der Waals surface area contributed by atoms with Crippen molar-refractivity contribution in [3.63, 3.8) is 0 Å². The van der Waals surface area contributed by atoms with E-state index in [0.717, 1.165) is 0 Å². The van der Waals surface area contributed by atoms with Crippen LogP contribution in [0, 0.1) is 0 Å². The third-order valence-corrected chi connectivity index (χ3v) is 1.78. The molecule has 1 aliphatic rings. The van der Waals surface area contributed by atoms with Crippen molar-refractivity contribution in [3.8, 4) is 0 Å². The van der Waals surface area contributed by atoms with Gasteiger partial charge in [0.1, 0.15) is 0 Å². The summed E-state index contributed by atoms with van der Waals surface area (Å²) in [6.07, 6.45) is -0.965. The number of hydrogen-bond acceptors (Lipinski definition) is 4. The molecule has 3 unspecified atom stereocenters. The minimum Gasteiger partial charge on any atom is -0.390 e. The van der Waals surface area contributed by atoms with E-state index in [9.17, 15) is 5.11 Å². The molecule has 1 heterocycles. The van der Waals surface area contributed by atoms with Crippen LogP contribution in [0.15, 0.2) is 5.11 Å². The number of methoxy groups -OCH3 is 1. The highest BCUT2D eigenvalue weighted by molar-refractivity contribution is 4.79. The normalized spacial score (nSPS) is 34.7. The van der Waals surface area contributed by atoms with Crippen LogP contribution in [-0.2, 0) is 9.47 Å². The highest BCUT2D eigenvalue weighted by atomic mass is 16.7. The first-order chi connectivity index (χ1) is 5.77. The average Bonchev–Trinajstić information content (AvgIpc) is 2.43. The molecule has 1 aliphatic heterocycles. The zero-order valence-corrected chi connectivity index (χ0v) is 6.75. The van der Waals surface area contributed by atoms with Gasteiger partial charge in [-0.05, 0) is 5.53 Å². The molecule has 0 saturated carbocycles. The predicted molar refractivity (Wildman–Crippen MR) is 40.3 cm³/mol. The van der Waals surface area contributed by atoms with Gasteiger partial charge in [0, 0.05) is 18.4 Å². The van der Waals surface area contributed by atoms with E-state index in [1.165, 1.54) is 7.11 Å². The number of aliphatic hydroxyl groups excluding tert-OH is 1. The molecule has 0 aromatic rings. The largest absolute Gasteiger partial charge is 0.390 e. The minimum absolute atomic E-state index is 0.150. The zero-order valence-electron chi connectivity index (χ0n) is 6.75. The van der Waals surface area contributed by atoms with Crippen LogP contribution < -0.4 is 0 Å². The second-order valence-corrected chi connectivity index (χ2v) is 2.56. The van der Waals surface area contributed by atoms with Gasteiger partial charge in [0.05, 0.1) is 18.8 Å². The smallest absolute Gasteiger partial charge is 0.160 e. The first-order valence-electron chi connectivity index (χ1n) is 3.65. The van der Waals surface area contributed by atoms with Crippen LogP contribution in [0.2, 0.25) is 0 Å². The van der Waals surface area contributed by atoms with Gasteiger partial charge in [-0.3, -0.25) is 0 Å². The number of aliphatic hydroxyl groups is 1. The molecular formula is C6H11N3O3. The molecule has 1 N–H and O–H groups in total. The molecule has 12 heavy (non-hydrogen) atoms. The summed E-state index contributed by atoms with van der Waals surface area (Å²) in [4.78, 5) is 2.58. The van der Waals surface area contributed by atoms with E-state index >= 15 is 0 Å². The van der Waals surface area contributed by atoms with Gasteiger partial charge in [-0.2, -0.15) is 0 Å². The van der Waals surface area contributed by atoms with Crippen molar-refractivity contribution >= 4 is 0 Å². The Hall–Kier alpha value is -0.810. The summed E-state index contributed by atoms with van der Waals surface area (Å²) in [5.41, 5.74) is 8.03. The van der Waals surface area contributed by atoms with Gasteiger partial charge in [0.15, 0.2) is 6.29 Å². The van der Waals surface area contributed by atoms with Crippen LogP contribution in [0.25, 0.3) is 10.4 Å². The number of ether oxygens (including phenoxy) is 2. The Balaban J connectivity index is 2.40. The third-order valence-electron chi connectivity index (χ3n) is 1.78. The summed E-state index contributed by atoms with van der Waals surface area (Å²) >= 11 is 0. The van der Waals surface area contributed by atoms with Crippen molar-refractivity contribution in [1.29, 1.82) is 0 Å². The summed E-state index contributed by atoms with van der Waals surface area (Å²) in [5.74, 6) is 0. The van der Waals surface area contributed by atoms with Crippen LogP contribution in [0.4, 0.5) is 0 Å². The van der Waals surface area contributed by atoms with Gasteiger partial charge in [0.2, 0.25) is 0 Å². The van der Waals surface area contributed by atoms with E-state index in [-0.39, 0.29) is 12.8 Å². The molecule has 1 fully saturated rings. The second-order valence-electron chi connectivity index (χ2n) is 2.56. The maximum absolute atomic E-state index is 9.33. The summed E-state index contributed by atoms with van der Waals surface area (Å²) in [5, 5.41) is 12.6. The van der Waals surface area contributed by atoms with Crippen molar-refractivity contribution < 1.29 is 14.6 Å². The van der Waals surface area contributed by atoms with Gasteiger partial charge in [-0.15, -0.1) is 0 Å². The maximum Gasteiger partial charge on any atom is 0.160 e. The fourth-order valence-corrected chi connectivity index (χ4v) is 1.12. The van der Waals surface area contributed by atoms with Crippen LogP contribution >= 0.6 is 0 Å². The molecule has 6 nitrogen and oxygen atoms in total. The lowest BCUT2D eigenvalue weighted by Gasteiger charge is -2.10. The average molecular weight is 173 g/mol. The van der Waals surface area contributed by atoms with E-state index in [2.05, 4.69) is 10.0 Å². The Kier molecular flexibility index (Phi) is 3.31. The van der Waals surface area contributed by atoms with E-state index in [1.54, 1.807) is 0 Å². The standard InChI is InChI=1S/C6H11N3O3/c1-11-6-2-4(10)5(12-6)3-8-9-7/h4-6,10H,2-3H2,1H3. The Labute approximate surface area is 69.7 Å². The van der Waals surface area contributed by atoms with Gasteiger partial charge in [0.25, 0.3) is 0 Å². The Morgan fingerprint density at radius 3 is 3.08 bits per heavy atom. The first-order valence-corrected chi connectivity index (χ1v) is 3.65. The number of hydrogen-bond donors (Lipinski definition) is 1. The Morgan fingerprint density at radius 2 is 2.58 bits per heavy atom. The molecule has 6 heteroatoms. The molecule has 0 bridgehead atoms. The highest BCUT2D eigenvalue weighted by Gasteiger charge is 2.33. The molecule has 0 amide bonds. The van der Waals surface area contributed by atoms with Crippen LogP contribution in [-0.4, -0.2) is 37.3 Å². The van der Waals surface area contributed by atoms with Crippen molar-refractivity contribution in [2.45, 2.75) is 24.9 Å². The van der Waals surface area contributed by atoms with E-state index in [4.69, 9.17) is 15.0 Å². The van der Waals surface area contributed by atoms with E-state index < -0.39 is 12.2 Å². The lowest BCUT2D eigenvalue weighted by Crippen LogP contribution is -2.23. The molecule has 0 aromatic carbocycles. The minimum atomic E-state index is -0.597. The molecule has 1 saturated heterocycles. The van der Waals surface area contributed by atoms with Crippen molar-refractivity contribution in [2.24, 2.45) is 5.11 Å². The van der Waals surface area contributed by atoms with Gasteiger partial charge >= 0.3 is 0 Å². The van der Waals surface area contributed by atoms with Crippen molar-refractivity contribution in [1.82, 2.24) is 0 Å². The summed E-state index contributed by atoms with van der Waals surface area (Å²) in [7, 11) is 1.51. The molecule has 3 atom stereocenters. The zero-order chi connectivity index (χ0) is 8.97. The monoisotopic (exact) mass is 173 g/mol. The van der Waals surface area contributed by atoms with Crippen molar-refractivity contribution in [2.75, 3.05) is 13.7 Å². The molecule has 0 aliphatic carbocycles. The summed E-state index contributed by atoms with van der Waals surface area (Å²) in [6.45, 7) is 0.150. The second kappa shape index (κ2) is 4.27. The topological polar surface area (TPSA) is 87.5 Å². The molecule has 68 valence electrons. The molecule has 0 radical (unpaired) electrons. The van der Waals surface area contributed by atoms with E-state index in [1.807, 2.05) is 0 Å². The summed E-state index contributed by atoms with van der Waals surface area (Å²) < 4.78 is 10.1. The van der Waals surface area contributed by atoms with E-state index in [0.29, 0.717) is 6.42 Å². The molecular weight excluding hydrogens is 162 g/mol. The molecule has 0 aromatic heterocycles. The lowest BCUT2D eigenvalue weighted by molar-refractivity contribution is -0.114. The van der Waals surface area contributed by atoms with Gasteiger partial charge < -0.3 is 14.6 Å². The molecule has 1 rings (SSSR count).